The van der Waals surface area contributed by atoms with Crippen LogP contribution in [0.15, 0.2) is 18.2 Å². The van der Waals surface area contributed by atoms with Gasteiger partial charge in [0.05, 0.1) is 11.4 Å². The van der Waals surface area contributed by atoms with Gasteiger partial charge in [0.1, 0.15) is 5.82 Å². The van der Waals surface area contributed by atoms with E-state index in [1.54, 1.807) is 0 Å². The molecule has 0 aliphatic rings. The Labute approximate surface area is 86.0 Å². The molecule has 0 heterocycles. The Hall–Kier alpha value is -1.29. The largest absolute Gasteiger partial charge is 0.397 e. The predicted octanol–water partition coefficient (Wildman–Crippen LogP) is 1.98. The summed E-state index contributed by atoms with van der Waals surface area (Å²) in [7, 11) is 0. The fraction of sp³-hybridized carbons (Fsp3) is 0.222. The average Bonchev–Trinajstić information content (AvgIpc) is 2.10. The Morgan fingerprint density at radius 2 is 2.29 bits per heavy atom. The molecule has 3 N–H and O–H groups in total. The van der Waals surface area contributed by atoms with Crippen LogP contribution in [0, 0.1) is 5.82 Å². The molecule has 0 radical (unpaired) electrons. The van der Waals surface area contributed by atoms with E-state index in [0.29, 0.717) is 5.69 Å². The van der Waals surface area contributed by atoms with E-state index in [4.69, 9.17) is 17.3 Å². The first-order chi connectivity index (χ1) is 6.63. The van der Waals surface area contributed by atoms with Crippen LogP contribution in [0.1, 0.15) is 6.42 Å². The van der Waals surface area contributed by atoms with Gasteiger partial charge < -0.3 is 11.1 Å². The van der Waals surface area contributed by atoms with Crippen molar-refractivity contribution in [3.05, 3.63) is 24.0 Å². The van der Waals surface area contributed by atoms with Crippen LogP contribution in [0.25, 0.3) is 0 Å². The molecule has 14 heavy (non-hydrogen) atoms. The number of rotatable bonds is 3. The maximum Gasteiger partial charge on any atom is 0.225 e. The summed E-state index contributed by atoms with van der Waals surface area (Å²) in [5.74, 6) is -0.427. The van der Waals surface area contributed by atoms with Crippen LogP contribution in [0.3, 0.4) is 0 Å². The number of nitrogens with one attached hydrogen (secondary N) is 1. The van der Waals surface area contributed by atoms with Gasteiger partial charge in [-0.1, -0.05) is 0 Å². The maximum absolute atomic E-state index is 12.6. The van der Waals surface area contributed by atoms with Crippen molar-refractivity contribution in [2.24, 2.45) is 0 Å². The van der Waals surface area contributed by atoms with Crippen molar-refractivity contribution >= 4 is 28.9 Å². The van der Waals surface area contributed by atoms with E-state index in [0.717, 1.165) is 6.07 Å². The SMILES string of the molecule is Nc1cc(F)ccc1NC(=O)CCCl. The van der Waals surface area contributed by atoms with Crippen molar-refractivity contribution in [1.29, 1.82) is 0 Å². The lowest BCUT2D eigenvalue weighted by Crippen LogP contribution is -2.13. The molecular formula is C9H10ClFN2O. The molecule has 3 nitrogen and oxygen atoms in total. The predicted molar refractivity (Wildman–Crippen MR) is 54.8 cm³/mol. The Bertz CT molecular complexity index is 344. The summed E-state index contributed by atoms with van der Waals surface area (Å²) in [6.45, 7) is 0. The van der Waals surface area contributed by atoms with Gasteiger partial charge in [-0.2, -0.15) is 0 Å². The molecule has 1 aromatic carbocycles. The zero-order valence-electron chi connectivity index (χ0n) is 7.39. The maximum atomic E-state index is 12.6. The molecular weight excluding hydrogens is 207 g/mol. The van der Waals surface area contributed by atoms with Crippen molar-refractivity contribution in [2.75, 3.05) is 16.9 Å². The number of hydrogen-bond donors (Lipinski definition) is 2. The Balaban J connectivity index is 2.72. The highest BCUT2D eigenvalue weighted by atomic mass is 35.5. The van der Waals surface area contributed by atoms with Gasteiger partial charge in [0.2, 0.25) is 5.91 Å². The molecule has 0 saturated heterocycles. The molecule has 5 heteroatoms. The number of alkyl halides is 1. The summed E-state index contributed by atoms with van der Waals surface area (Å²) >= 11 is 5.38. The lowest BCUT2D eigenvalue weighted by atomic mass is 10.2. The Morgan fingerprint density at radius 3 is 2.86 bits per heavy atom. The van der Waals surface area contributed by atoms with Crippen molar-refractivity contribution in [2.45, 2.75) is 6.42 Å². The second-order valence-electron chi connectivity index (χ2n) is 2.72. The fourth-order valence-electron chi connectivity index (χ4n) is 0.946. The van der Waals surface area contributed by atoms with Crippen LogP contribution in [-0.4, -0.2) is 11.8 Å². The zero-order valence-corrected chi connectivity index (χ0v) is 8.14. The number of nitrogen functional groups attached to an aromatic ring is 1. The van der Waals surface area contributed by atoms with E-state index in [9.17, 15) is 9.18 Å². The van der Waals surface area contributed by atoms with Crippen LogP contribution in [0.5, 0.6) is 0 Å². The van der Waals surface area contributed by atoms with E-state index >= 15 is 0 Å². The van der Waals surface area contributed by atoms with Gasteiger partial charge in [0.15, 0.2) is 0 Å². The zero-order chi connectivity index (χ0) is 10.6. The van der Waals surface area contributed by atoms with Crippen molar-refractivity contribution in [1.82, 2.24) is 0 Å². The first-order valence-corrected chi connectivity index (χ1v) is 4.58. The van der Waals surface area contributed by atoms with Crippen molar-refractivity contribution in [3.8, 4) is 0 Å². The summed E-state index contributed by atoms with van der Waals surface area (Å²) in [6, 6.07) is 3.79. The van der Waals surface area contributed by atoms with Gasteiger partial charge in [0, 0.05) is 12.3 Å². The van der Waals surface area contributed by atoms with E-state index in [1.807, 2.05) is 0 Å². The van der Waals surface area contributed by atoms with Crippen molar-refractivity contribution < 1.29 is 9.18 Å². The van der Waals surface area contributed by atoms with E-state index < -0.39 is 5.82 Å². The summed E-state index contributed by atoms with van der Waals surface area (Å²) in [4.78, 5) is 11.1. The number of carbonyl (C=O) groups is 1. The van der Waals surface area contributed by atoms with Crippen LogP contribution in [0.2, 0.25) is 0 Å². The van der Waals surface area contributed by atoms with E-state index in [-0.39, 0.29) is 23.9 Å². The van der Waals surface area contributed by atoms with Gasteiger partial charge in [-0.25, -0.2) is 4.39 Å². The van der Waals surface area contributed by atoms with Crippen LogP contribution < -0.4 is 11.1 Å². The molecule has 0 saturated carbocycles. The standard InChI is InChI=1S/C9H10ClFN2O/c10-4-3-9(14)13-8-2-1-6(11)5-7(8)12/h1-2,5H,3-4,12H2,(H,13,14). The van der Waals surface area contributed by atoms with E-state index in [2.05, 4.69) is 5.32 Å². The number of benzene rings is 1. The number of hydrogen-bond acceptors (Lipinski definition) is 2. The van der Waals surface area contributed by atoms with Gasteiger partial charge >= 0.3 is 0 Å². The Kier molecular flexibility index (Phi) is 3.71. The molecule has 1 aromatic rings. The van der Waals surface area contributed by atoms with Crippen LogP contribution in [0.4, 0.5) is 15.8 Å². The van der Waals surface area contributed by atoms with Crippen LogP contribution >= 0.6 is 11.6 Å². The molecule has 0 spiro atoms. The minimum Gasteiger partial charge on any atom is -0.397 e. The highest BCUT2D eigenvalue weighted by molar-refractivity contribution is 6.19. The summed E-state index contributed by atoms with van der Waals surface area (Å²) in [5.41, 5.74) is 6.08. The monoisotopic (exact) mass is 216 g/mol. The third kappa shape index (κ3) is 2.88. The molecule has 0 unspecified atom stereocenters. The molecule has 0 aliphatic heterocycles. The summed E-state index contributed by atoms with van der Waals surface area (Å²) in [6.07, 6.45) is 0.207. The number of nitrogens with two attached hydrogens (primary N) is 1. The molecule has 0 bridgehead atoms. The number of anilines is 2. The normalized spacial score (nSPS) is 9.86. The first kappa shape index (κ1) is 10.8. The van der Waals surface area contributed by atoms with Gasteiger partial charge in [-0.05, 0) is 18.2 Å². The summed E-state index contributed by atoms with van der Waals surface area (Å²) in [5, 5.41) is 2.52. The molecule has 0 fully saturated rings. The number of carbonyl (C=O) groups excluding carboxylic acids is 1. The lowest BCUT2D eigenvalue weighted by Gasteiger charge is -2.06. The first-order valence-electron chi connectivity index (χ1n) is 4.04. The Morgan fingerprint density at radius 1 is 1.57 bits per heavy atom. The molecule has 0 atom stereocenters. The second-order valence-corrected chi connectivity index (χ2v) is 3.10. The minimum atomic E-state index is -0.433. The minimum absolute atomic E-state index is 0.202. The molecule has 1 rings (SSSR count). The van der Waals surface area contributed by atoms with Gasteiger partial charge in [0.25, 0.3) is 0 Å². The van der Waals surface area contributed by atoms with Crippen LogP contribution in [-0.2, 0) is 4.79 Å². The van der Waals surface area contributed by atoms with Crippen molar-refractivity contribution in [3.63, 3.8) is 0 Å². The third-order valence-corrected chi connectivity index (χ3v) is 1.80. The lowest BCUT2D eigenvalue weighted by molar-refractivity contribution is -0.115. The highest BCUT2D eigenvalue weighted by Crippen LogP contribution is 2.19. The number of halogens is 2. The highest BCUT2D eigenvalue weighted by Gasteiger charge is 2.04. The fourth-order valence-corrected chi connectivity index (χ4v) is 1.12. The molecule has 76 valence electrons. The molecule has 0 aliphatic carbocycles. The average molecular weight is 217 g/mol. The smallest absolute Gasteiger partial charge is 0.225 e. The molecule has 0 aromatic heterocycles. The topological polar surface area (TPSA) is 55.1 Å². The number of amides is 1. The quantitative estimate of drug-likeness (QED) is 0.600. The van der Waals surface area contributed by atoms with Gasteiger partial charge in [-0.15, -0.1) is 11.6 Å². The third-order valence-electron chi connectivity index (χ3n) is 1.61. The molecule has 1 amide bonds. The van der Waals surface area contributed by atoms with E-state index in [1.165, 1.54) is 12.1 Å². The summed E-state index contributed by atoms with van der Waals surface area (Å²) < 4.78 is 12.6. The second kappa shape index (κ2) is 4.81. The van der Waals surface area contributed by atoms with Gasteiger partial charge in [-0.3, -0.25) is 4.79 Å².